The minimum atomic E-state index is -0.660. The lowest BCUT2D eigenvalue weighted by molar-refractivity contribution is 0.102. The Labute approximate surface area is 160 Å². The van der Waals surface area contributed by atoms with Gasteiger partial charge in [0.25, 0.3) is 5.91 Å². The molecule has 0 saturated carbocycles. The summed E-state index contributed by atoms with van der Waals surface area (Å²) in [5, 5.41) is 3.57. The van der Waals surface area contributed by atoms with E-state index in [4.69, 9.17) is 27.9 Å². The molecule has 0 aromatic heterocycles. The summed E-state index contributed by atoms with van der Waals surface area (Å²) in [6, 6.07) is 18.2. The predicted octanol–water partition coefficient (Wildman–Crippen LogP) is 6.51. The van der Waals surface area contributed by atoms with Crippen LogP contribution < -0.4 is 10.1 Å². The number of hydrogen-bond donors (Lipinski definition) is 1. The number of carbonyl (C=O) groups excluding carboxylic acids is 1. The lowest BCUT2D eigenvalue weighted by Crippen LogP contribution is -2.12. The Kier molecular flexibility index (Phi) is 5.76. The summed E-state index contributed by atoms with van der Waals surface area (Å²) in [5.41, 5.74) is 1.23. The Morgan fingerprint density at radius 2 is 1.73 bits per heavy atom. The van der Waals surface area contributed by atoms with Gasteiger partial charge in [0.1, 0.15) is 12.4 Å². The third kappa shape index (κ3) is 4.34. The van der Waals surface area contributed by atoms with Gasteiger partial charge < -0.3 is 10.1 Å². The van der Waals surface area contributed by atoms with E-state index in [1.54, 1.807) is 54.6 Å². The van der Waals surface area contributed by atoms with Crippen LogP contribution in [-0.2, 0) is 6.67 Å². The first kappa shape index (κ1) is 18.2. The first-order valence-corrected chi connectivity index (χ1v) is 8.50. The van der Waals surface area contributed by atoms with Crippen LogP contribution in [0.4, 0.5) is 10.1 Å². The van der Waals surface area contributed by atoms with Crippen molar-refractivity contribution in [2.45, 2.75) is 6.67 Å². The third-order valence-electron chi connectivity index (χ3n) is 3.60. The Hall–Kier alpha value is -2.56. The molecule has 3 rings (SSSR count). The highest BCUT2D eigenvalue weighted by Crippen LogP contribution is 2.36. The average Bonchev–Trinajstić information content (AvgIpc) is 2.66. The molecule has 3 aromatic carbocycles. The SMILES string of the molecule is O=C(Nc1cc(CF)ccc1Oc1cc(Cl)ccc1Cl)c1ccccc1. The summed E-state index contributed by atoms with van der Waals surface area (Å²) in [4.78, 5) is 12.4. The zero-order chi connectivity index (χ0) is 18.5. The minimum Gasteiger partial charge on any atom is -0.454 e. The van der Waals surface area contributed by atoms with Crippen LogP contribution in [0.3, 0.4) is 0 Å². The monoisotopic (exact) mass is 389 g/mol. The van der Waals surface area contributed by atoms with E-state index in [0.717, 1.165) is 0 Å². The van der Waals surface area contributed by atoms with Crippen LogP contribution in [0, 0.1) is 0 Å². The van der Waals surface area contributed by atoms with E-state index in [9.17, 15) is 9.18 Å². The highest BCUT2D eigenvalue weighted by atomic mass is 35.5. The number of ether oxygens (including phenoxy) is 1. The van der Waals surface area contributed by atoms with E-state index in [-0.39, 0.29) is 5.91 Å². The van der Waals surface area contributed by atoms with Crippen molar-refractivity contribution >= 4 is 34.8 Å². The van der Waals surface area contributed by atoms with Gasteiger partial charge in [0.15, 0.2) is 5.75 Å². The standard InChI is InChI=1S/C20H14Cl2FNO2/c21-15-7-8-16(22)19(11-15)26-18-9-6-13(12-23)10-17(18)24-20(25)14-4-2-1-3-5-14/h1-11H,12H2,(H,24,25). The molecule has 3 nitrogen and oxygen atoms in total. The van der Waals surface area contributed by atoms with Gasteiger partial charge in [-0.1, -0.05) is 47.5 Å². The molecule has 0 heterocycles. The molecule has 0 fully saturated rings. The summed E-state index contributed by atoms with van der Waals surface area (Å²) in [6.45, 7) is -0.660. The van der Waals surface area contributed by atoms with Crippen molar-refractivity contribution in [3.8, 4) is 11.5 Å². The molecule has 132 valence electrons. The first-order chi connectivity index (χ1) is 12.6. The topological polar surface area (TPSA) is 38.3 Å². The van der Waals surface area contributed by atoms with Gasteiger partial charge >= 0.3 is 0 Å². The van der Waals surface area contributed by atoms with E-state index in [0.29, 0.717) is 38.4 Å². The van der Waals surface area contributed by atoms with Crippen LogP contribution in [0.2, 0.25) is 10.0 Å². The molecule has 0 unspecified atom stereocenters. The minimum absolute atomic E-state index is 0.329. The summed E-state index contributed by atoms with van der Waals surface area (Å²) in [7, 11) is 0. The van der Waals surface area contributed by atoms with Gasteiger partial charge in [-0.2, -0.15) is 0 Å². The van der Waals surface area contributed by atoms with E-state index >= 15 is 0 Å². The van der Waals surface area contributed by atoms with Crippen molar-refractivity contribution in [1.82, 2.24) is 0 Å². The Bertz CT molecular complexity index is 932. The molecule has 6 heteroatoms. The number of alkyl halides is 1. The van der Waals surface area contributed by atoms with Crippen molar-refractivity contribution < 1.29 is 13.9 Å². The second-order valence-electron chi connectivity index (χ2n) is 5.46. The number of hydrogen-bond acceptors (Lipinski definition) is 2. The number of halogens is 3. The number of amides is 1. The van der Waals surface area contributed by atoms with Gasteiger partial charge in [0.05, 0.1) is 10.7 Å². The lowest BCUT2D eigenvalue weighted by Gasteiger charge is -2.14. The highest BCUT2D eigenvalue weighted by Gasteiger charge is 2.13. The third-order valence-corrected chi connectivity index (χ3v) is 4.14. The van der Waals surface area contributed by atoms with Crippen molar-refractivity contribution in [3.63, 3.8) is 0 Å². The zero-order valence-electron chi connectivity index (χ0n) is 13.5. The zero-order valence-corrected chi connectivity index (χ0v) is 15.0. The summed E-state index contributed by atoms with van der Waals surface area (Å²) in [6.07, 6.45) is 0. The quantitative estimate of drug-likeness (QED) is 0.540. The molecule has 0 aliphatic carbocycles. The molecule has 0 atom stereocenters. The molecular weight excluding hydrogens is 376 g/mol. The van der Waals surface area contributed by atoms with Crippen molar-refractivity contribution in [2.24, 2.45) is 0 Å². The van der Waals surface area contributed by atoms with E-state index in [1.807, 2.05) is 6.07 Å². The number of carbonyl (C=O) groups is 1. The Balaban J connectivity index is 1.93. The normalized spacial score (nSPS) is 10.4. The predicted molar refractivity (Wildman–Crippen MR) is 102 cm³/mol. The molecule has 1 amide bonds. The van der Waals surface area contributed by atoms with Crippen molar-refractivity contribution in [2.75, 3.05) is 5.32 Å². The molecule has 3 aromatic rings. The average molecular weight is 390 g/mol. The van der Waals surface area contributed by atoms with E-state index < -0.39 is 6.67 Å². The second kappa shape index (κ2) is 8.21. The Morgan fingerprint density at radius 3 is 2.46 bits per heavy atom. The van der Waals surface area contributed by atoms with E-state index in [1.165, 1.54) is 6.07 Å². The maximum absolute atomic E-state index is 13.0. The fourth-order valence-electron chi connectivity index (χ4n) is 2.30. The summed E-state index contributed by atoms with van der Waals surface area (Å²) in [5.74, 6) is 0.335. The van der Waals surface area contributed by atoms with Gasteiger partial charge in [-0.25, -0.2) is 4.39 Å². The van der Waals surface area contributed by atoms with Crippen molar-refractivity contribution in [3.05, 3.63) is 87.9 Å². The van der Waals surface area contributed by atoms with Gasteiger partial charge in [-0.05, 0) is 42.0 Å². The van der Waals surface area contributed by atoms with Crippen molar-refractivity contribution in [1.29, 1.82) is 0 Å². The molecule has 1 N–H and O–H groups in total. The largest absolute Gasteiger partial charge is 0.454 e. The fraction of sp³-hybridized carbons (Fsp3) is 0.0500. The number of rotatable bonds is 5. The highest BCUT2D eigenvalue weighted by molar-refractivity contribution is 6.34. The Morgan fingerprint density at radius 1 is 0.962 bits per heavy atom. The van der Waals surface area contributed by atoms with Crippen LogP contribution >= 0.6 is 23.2 Å². The maximum atomic E-state index is 13.0. The van der Waals surface area contributed by atoms with Crippen LogP contribution in [0.25, 0.3) is 0 Å². The van der Waals surface area contributed by atoms with Gasteiger partial charge in [-0.3, -0.25) is 4.79 Å². The van der Waals surface area contributed by atoms with E-state index in [2.05, 4.69) is 5.32 Å². The van der Waals surface area contributed by atoms with Crippen LogP contribution in [0.1, 0.15) is 15.9 Å². The van der Waals surface area contributed by atoms with Crippen LogP contribution in [0.15, 0.2) is 66.7 Å². The fourth-order valence-corrected chi connectivity index (χ4v) is 2.62. The number of benzene rings is 3. The van der Waals surface area contributed by atoms with Gasteiger partial charge in [-0.15, -0.1) is 0 Å². The molecular formula is C20H14Cl2FNO2. The molecule has 0 saturated heterocycles. The lowest BCUT2D eigenvalue weighted by atomic mass is 10.1. The molecule has 0 bridgehead atoms. The van der Waals surface area contributed by atoms with Gasteiger partial charge in [0, 0.05) is 16.7 Å². The maximum Gasteiger partial charge on any atom is 0.255 e. The molecule has 0 aliphatic heterocycles. The molecule has 0 spiro atoms. The molecule has 0 radical (unpaired) electrons. The van der Waals surface area contributed by atoms with Crippen LogP contribution in [0.5, 0.6) is 11.5 Å². The summed E-state index contributed by atoms with van der Waals surface area (Å²) >= 11 is 12.1. The molecule has 26 heavy (non-hydrogen) atoms. The second-order valence-corrected chi connectivity index (χ2v) is 6.30. The van der Waals surface area contributed by atoms with Crippen LogP contribution in [-0.4, -0.2) is 5.91 Å². The number of anilines is 1. The molecule has 0 aliphatic rings. The summed E-state index contributed by atoms with van der Waals surface area (Å²) < 4.78 is 18.9. The first-order valence-electron chi connectivity index (χ1n) is 7.75. The smallest absolute Gasteiger partial charge is 0.255 e. The van der Waals surface area contributed by atoms with Gasteiger partial charge in [0.2, 0.25) is 0 Å². The number of nitrogens with one attached hydrogen (secondary N) is 1.